The van der Waals surface area contributed by atoms with Crippen LogP contribution in [0, 0.1) is 0 Å². The smallest absolute Gasteiger partial charge is 0.340 e. The number of para-hydroxylation sites is 1. The average molecular weight is 356 g/mol. The van der Waals surface area contributed by atoms with Gasteiger partial charge in [0.25, 0.3) is 0 Å². The van der Waals surface area contributed by atoms with E-state index in [0.29, 0.717) is 23.8 Å². The number of ether oxygens (including phenoxy) is 1. The van der Waals surface area contributed by atoms with E-state index in [4.69, 9.17) is 4.74 Å². The van der Waals surface area contributed by atoms with Gasteiger partial charge in [0, 0.05) is 26.2 Å². The van der Waals surface area contributed by atoms with Crippen molar-refractivity contribution < 1.29 is 9.53 Å². The number of aromatic nitrogens is 3. The summed E-state index contributed by atoms with van der Waals surface area (Å²) in [6.45, 7) is 9.17. The number of anilines is 3. The molecule has 1 aromatic heterocycles. The number of esters is 1. The molecular formula is C18H24N6O2. The normalized spacial score (nSPS) is 14.9. The molecule has 1 saturated heterocycles. The van der Waals surface area contributed by atoms with Crippen molar-refractivity contribution in [2.45, 2.75) is 13.8 Å². The van der Waals surface area contributed by atoms with E-state index in [-0.39, 0.29) is 5.97 Å². The van der Waals surface area contributed by atoms with Crippen molar-refractivity contribution >= 4 is 23.4 Å². The Balaban J connectivity index is 1.75. The van der Waals surface area contributed by atoms with Gasteiger partial charge < -0.3 is 19.9 Å². The predicted molar refractivity (Wildman–Crippen MR) is 99.8 cm³/mol. The van der Waals surface area contributed by atoms with Crippen molar-refractivity contribution in [3.8, 4) is 0 Å². The summed E-state index contributed by atoms with van der Waals surface area (Å²) >= 11 is 0. The predicted octanol–water partition coefficient (Wildman–Crippen LogP) is 1.93. The summed E-state index contributed by atoms with van der Waals surface area (Å²) < 4.78 is 5.10. The maximum atomic E-state index is 12.1. The summed E-state index contributed by atoms with van der Waals surface area (Å²) in [5, 5.41) is 11.2. The Kier molecular flexibility index (Phi) is 5.96. The van der Waals surface area contributed by atoms with Gasteiger partial charge in [0.2, 0.25) is 5.95 Å². The van der Waals surface area contributed by atoms with Crippen LogP contribution in [0.15, 0.2) is 30.5 Å². The minimum atomic E-state index is -0.379. The molecule has 8 nitrogen and oxygen atoms in total. The van der Waals surface area contributed by atoms with Crippen LogP contribution >= 0.6 is 0 Å². The first-order chi connectivity index (χ1) is 12.7. The Morgan fingerprint density at radius 1 is 1.19 bits per heavy atom. The maximum absolute atomic E-state index is 12.1. The van der Waals surface area contributed by atoms with Crippen molar-refractivity contribution in [2.24, 2.45) is 0 Å². The Bertz CT molecular complexity index is 746. The average Bonchev–Trinajstić information content (AvgIpc) is 2.69. The van der Waals surface area contributed by atoms with E-state index in [1.165, 1.54) is 0 Å². The van der Waals surface area contributed by atoms with E-state index >= 15 is 0 Å². The van der Waals surface area contributed by atoms with E-state index < -0.39 is 0 Å². The zero-order chi connectivity index (χ0) is 18.4. The van der Waals surface area contributed by atoms with E-state index in [1.807, 2.05) is 6.07 Å². The first-order valence-corrected chi connectivity index (χ1v) is 8.91. The fourth-order valence-corrected chi connectivity index (χ4v) is 2.89. The molecule has 2 aromatic rings. The molecule has 138 valence electrons. The molecule has 26 heavy (non-hydrogen) atoms. The minimum Gasteiger partial charge on any atom is -0.462 e. The molecule has 0 bridgehead atoms. The van der Waals surface area contributed by atoms with Gasteiger partial charge in [-0.2, -0.15) is 10.1 Å². The quantitative estimate of drug-likeness (QED) is 0.786. The molecule has 1 fully saturated rings. The molecular weight excluding hydrogens is 332 g/mol. The molecule has 0 radical (unpaired) electrons. The van der Waals surface area contributed by atoms with Gasteiger partial charge in [0.1, 0.15) is 0 Å². The van der Waals surface area contributed by atoms with E-state index in [2.05, 4.69) is 37.2 Å². The maximum Gasteiger partial charge on any atom is 0.340 e. The van der Waals surface area contributed by atoms with Gasteiger partial charge in [-0.05, 0) is 25.6 Å². The van der Waals surface area contributed by atoms with Crippen LogP contribution in [-0.4, -0.2) is 65.4 Å². The monoisotopic (exact) mass is 356 g/mol. The van der Waals surface area contributed by atoms with Gasteiger partial charge in [0.05, 0.1) is 24.1 Å². The van der Waals surface area contributed by atoms with Gasteiger partial charge >= 0.3 is 5.97 Å². The Labute approximate surface area is 153 Å². The van der Waals surface area contributed by atoms with Crippen molar-refractivity contribution in [3.63, 3.8) is 0 Å². The van der Waals surface area contributed by atoms with Gasteiger partial charge in [-0.25, -0.2) is 4.79 Å². The number of carbonyl (C=O) groups is 1. The topological polar surface area (TPSA) is 83.5 Å². The molecule has 1 aromatic carbocycles. The highest BCUT2D eigenvalue weighted by atomic mass is 16.5. The SMILES string of the molecule is CCOC(=O)c1ccccc1Nc1nncc(N2CCN(CC)CC2)n1. The minimum absolute atomic E-state index is 0.324. The summed E-state index contributed by atoms with van der Waals surface area (Å²) in [5.41, 5.74) is 1.04. The number of rotatable bonds is 6. The van der Waals surface area contributed by atoms with Crippen molar-refractivity contribution in [3.05, 3.63) is 36.0 Å². The molecule has 0 aliphatic carbocycles. The highest BCUT2D eigenvalue weighted by Crippen LogP contribution is 2.21. The fourth-order valence-electron chi connectivity index (χ4n) is 2.89. The second kappa shape index (κ2) is 8.57. The molecule has 2 heterocycles. The number of hydrogen-bond donors (Lipinski definition) is 1. The second-order valence-corrected chi connectivity index (χ2v) is 5.95. The molecule has 1 N–H and O–H groups in total. The first-order valence-electron chi connectivity index (χ1n) is 8.91. The van der Waals surface area contributed by atoms with Crippen LogP contribution in [0.2, 0.25) is 0 Å². The molecule has 1 aliphatic rings. The van der Waals surface area contributed by atoms with Crippen LogP contribution in [0.4, 0.5) is 17.5 Å². The van der Waals surface area contributed by atoms with Crippen LogP contribution < -0.4 is 10.2 Å². The number of likely N-dealkylation sites (N-methyl/N-ethyl adjacent to an activating group) is 1. The zero-order valence-corrected chi connectivity index (χ0v) is 15.2. The summed E-state index contributed by atoms with van der Waals surface area (Å²) in [5.74, 6) is 0.763. The van der Waals surface area contributed by atoms with Crippen LogP contribution in [0.5, 0.6) is 0 Å². The molecule has 0 saturated carbocycles. The van der Waals surface area contributed by atoms with Gasteiger partial charge in [0.15, 0.2) is 5.82 Å². The van der Waals surface area contributed by atoms with E-state index in [1.54, 1.807) is 31.3 Å². The Morgan fingerprint density at radius 3 is 2.69 bits per heavy atom. The largest absolute Gasteiger partial charge is 0.462 e. The van der Waals surface area contributed by atoms with Gasteiger partial charge in [-0.1, -0.05) is 19.1 Å². The lowest BCUT2D eigenvalue weighted by molar-refractivity contribution is 0.0527. The van der Waals surface area contributed by atoms with Gasteiger partial charge in [-0.3, -0.25) is 0 Å². The molecule has 8 heteroatoms. The third-order valence-electron chi connectivity index (χ3n) is 4.36. The molecule has 0 spiro atoms. The van der Waals surface area contributed by atoms with Crippen molar-refractivity contribution in [1.29, 1.82) is 0 Å². The summed E-state index contributed by atoms with van der Waals surface area (Å²) in [6.07, 6.45) is 1.67. The van der Waals surface area contributed by atoms with Crippen molar-refractivity contribution in [2.75, 3.05) is 49.5 Å². The van der Waals surface area contributed by atoms with Crippen LogP contribution in [-0.2, 0) is 4.74 Å². The number of benzene rings is 1. The lowest BCUT2D eigenvalue weighted by atomic mass is 10.2. The first kappa shape index (κ1) is 18.1. The number of hydrogen-bond acceptors (Lipinski definition) is 8. The summed E-state index contributed by atoms with van der Waals surface area (Å²) in [6, 6.07) is 7.14. The number of nitrogens with one attached hydrogen (secondary N) is 1. The van der Waals surface area contributed by atoms with Crippen molar-refractivity contribution in [1.82, 2.24) is 20.1 Å². The lowest BCUT2D eigenvalue weighted by Gasteiger charge is -2.34. The molecule has 0 amide bonds. The molecule has 0 unspecified atom stereocenters. The fraction of sp³-hybridized carbons (Fsp3) is 0.444. The Hall–Kier alpha value is -2.74. The third kappa shape index (κ3) is 4.26. The molecule has 3 rings (SSSR count). The zero-order valence-electron chi connectivity index (χ0n) is 15.2. The number of nitrogens with zero attached hydrogens (tertiary/aromatic N) is 5. The molecule has 0 atom stereocenters. The second-order valence-electron chi connectivity index (χ2n) is 5.95. The third-order valence-corrected chi connectivity index (χ3v) is 4.36. The van der Waals surface area contributed by atoms with Gasteiger partial charge in [-0.15, -0.1) is 5.10 Å². The van der Waals surface area contributed by atoms with E-state index in [9.17, 15) is 4.79 Å². The van der Waals surface area contributed by atoms with Crippen LogP contribution in [0.1, 0.15) is 24.2 Å². The number of carbonyl (C=O) groups excluding carboxylic acids is 1. The lowest BCUT2D eigenvalue weighted by Crippen LogP contribution is -2.46. The summed E-state index contributed by atoms with van der Waals surface area (Å²) in [4.78, 5) is 21.3. The standard InChI is InChI=1S/C18H24N6O2/c1-3-23-9-11-24(12-10-23)16-13-19-22-18(21-16)20-15-8-6-5-7-14(15)17(25)26-4-2/h5-8,13H,3-4,9-12H2,1-2H3,(H,20,21,22). The van der Waals surface area contributed by atoms with Crippen LogP contribution in [0.3, 0.4) is 0 Å². The highest BCUT2D eigenvalue weighted by Gasteiger charge is 2.18. The summed E-state index contributed by atoms with van der Waals surface area (Å²) in [7, 11) is 0. The highest BCUT2D eigenvalue weighted by molar-refractivity contribution is 5.96. The Morgan fingerprint density at radius 2 is 1.96 bits per heavy atom. The van der Waals surface area contributed by atoms with Crippen LogP contribution in [0.25, 0.3) is 0 Å². The van der Waals surface area contributed by atoms with E-state index in [0.717, 1.165) is 38.5 Å². The number of piperazine rings is 1. The molecule has 1 aliphatic heterocycles.